The summed E-state index contributed by atoms with van der Waals surface area (Å²) in [4.78, 5) is 55.3. The van der Waals surface area contributed by atoms with Gasteiger partial charge in [0.2, 0.25) is 17.7 Å². The number of alkyl carbamates (subject to hydrolysis) is 1. The van der Waals surface area contributed by atoms with E-state index in [0.717, 1.165) is 36.9 Å². The first-order chi connectivity index (χ1) is 24.2. The predicted molar refractivity (Wildman–Crippen MR) is 197 cm³/mol. The van der Waals surface area contributed by atoms with Crippen LogP contribution in [0.1, 0.15) is 84.8 Å². The molecule has 0 aromatic heterocycles. The van der Waals surface area contributed by atoms with Crippen molar-refractivity contribution in [3.8, 4) is 0 Å². The number of nitrogens with one attached hydrogen (secondary N) is 4. The maximum absolute atomic E-state index is 13.9. The highest BCUT2D eigenvalue weighted by atomic mass is 16.5. The molecular weight excluding hydrogens is 646 g/mol. The average molecular weight is 706 g/mol. The standard InChI is InChI=1S/C40H59N5O6/c1-26(2)35(43-36(47)27(3)41-39(50)51-25-29-17-11-8-12-18-29)38(49)42-32(21-28-15-9-7-10-16-28)34(46)24-45-23-31-20-14-13-19-30(31)22-33(45)37(48)44-40(4,5)6/h7-12,15-18,26-27,30-35,46H,13-14,19-25H2,1-6H3,(H,41,50)(H,42,49)(H,43,47)(H,44,48)/t27-,30?,31?,32-,33-,34+,35-/m0/s1. The maximum Gasteiger partial charge on any atom is 0.408 e. The van der Waals surface area contributed by atoms with Gasteiger partial charge in [-0.05, 0) is 75.8 Å². The van der Waals surface area contributed by atoms with E-state index < -0.39 is 42.1 Å². The molecule has 2 unspecified atom stereocenters. The number of ether oxygens (including phenoxy) is 1. The van der Waals surface area contributed by atoms with Gasteiger partial charge < -0.3 is 31.1 Å². The molecule has 5 N–H and O–H groups in total. The first-order valence-corrected chi connectivity index (χ1v) is 18.6. The highest BCUT2D eigenvalue weighted by Crippen LogP contribution is 2.39. The highest BCUT2D eigenvalue weighted by molar-refractivity contribution is 5.91. The van der Waals surface area contributed by atoms with Gasteiger partial charge in [-0.25, -0.2) is 4.79 Å². The summed E-state index contributed by atoms with van der Waals surface area (Å²) in [6, 6.07) is 15.9. The molecule has 11 heteroatoms. The predicted octanol–water partition coefficient (Wildman–Crippen LogP) is 4.33. The minimum atomic E-state index is -0.997. The Morgan fingerprint density at radius 1 is 0.843 bits per heavy atom. The van der Waals surface area contributed by atoms with Gasteiger partial charge in [-0.3, -0.25) is 19.3 Å². The number of benzene rings is 2. The first kappa shape index (κ1) is 39.8. The molecule has 0 radical (unpaired) electrons. The number of β-amino-alcohol motifs (C(OH)–C–C–N with tert-alkyl or cyclic N) is 1. The molecule has 2 aromatic carbocycles. The van der Waals surface area contributed by atoms with E-state index in [2.05, 4.69) is 26.2 Å². The second kappa shape index (κ2) is 18.5. The molecule has 51 heavy (non-hydrogen) atoms. The van der Waals surface area contributed by atoms with E-state index in [9.17, 15) is 24.3 Å². The number of hydrogen-bond acceptors (Lipinski definition) is 7. The SMILES string of the molecule is CC(C)[C@H](NC(=O)[C@H](C)NC(=O)OCc1ccccc1)C(=O)N[C@@H](Cc1ccccc1)[C@H](O)CN1CC2CCCCC2C[C@H]1C(=O)NC(C)(C)C. The normalized spacial score (nSPS) is 21.7. The largest absolute Gasteiger partial charge is 0.445 e. The van der Waals surface area contributed by atoms with Crippen molar-refractivity contribution in [1.29, 1.82) is 0 Å². The van der Waals surface area contributed by atoms with Crippen LogP contribution in [-0.2, 0) is 32.1 Å². The summed E-state index contributed by atoms with van der Waals surface area (Å²) < 4.78 is 5.26. The van der Waals surface area contributed by atoms with Crippen LogP contribution in [0.25, 0.3) is 0 Å². The molecule has 7 atom stereocenters. The van der Waals surface area contributed by atoms with Crippen LogP contribution in [0, 0.1) is 17.8 Å². The lowest BCUT2D eigenvalue weighted by Gasteiger charge is -2.47. The fourth-order valence-electron chi connectivity index (χ4n) is 7.24. The summed E-state index contributed by atoms with van der Waals surface area (Å²) in [5, 5.41) is 23.4. The molecule has 1 aliphatic heterocycles. The van der Waals surface area contributed by atoms with E-state index in [1.807, 2.05) is 95.3 Å². The van der Waals surface area contributed by atoms with Crippen LogP contribution < -0.4 is 21.3 Å². The van der Waals surface area contributed by atoms with Crippen LogP contribution in [0.15, 0.2) is 60.7 Å². The number of likely N-dealkylation sites (tertiary alicyclic amines) is 1. The zero-order chi connectivity index (χ0) is 37.1. The Morgan fingerprint density at radius 2 is 1.45 bits per heavy atom. The summed E-state index contributed by atoms with van der Waals surface area (Å²) in [7, 11) is 0. The number of aliphatic hydroxyl groups is 1. The quantitative estimate of drug-likeness (QED) is 0.197. The molecule has 280 valence electrons. The molecule has 1 saturated carbocycles. The molecule has 11 nitrogen and oxygen atoms in total. The van der Waals surface area contributed by atoms with E-state index in [1.54, 1.807) is 0 Å². The van der Waals surface area contributed by atoms with Crippen molar-refractivity contribution in [3.05, 3.63) is 71.8 Å². The van der Waals surface area contributed by atoms with Gasteiger partial charge in [0, 0.05) is 18.6 Å². The fourth-order valence-corrected chi connectivity index (χ4v) is 7.24. The summed E-state index contributed by atoms with van der Waals surface area (Å²) in [6.45, 7) is 12.1. The van der Waals surface area contributed by atoms with E-state index in [1.165, 1.54) is 19.8 Å². The van der Waals surface area contributed by atoms with Crippen LogP contribution in [0.4, 0.5) is 4.79 Å². The number of amides is 4. The van der Waals surface area contributed by atoms with Crippen molar-refractivity contribution in [2.75, 3.05) is 13.1 Å². The smallest absolute Gasteiger partial charge is 0.408 e. The minimum absolute atomic E-state index is 0.0309. The summed E-state index contributed by atoms with van der Waals surface area (Å²) in [5.41, 5.74) is 1.36. The number of nitrogens with zero attached hydrogens (tertiary/aromatic N) is 1. The fraction of sp³-hybridized carbons (Fsp3) is 0.600. The van der Waals surface area contributed by atoms with Gasteiger partial charge in [0.05, 0.1) is 18.2 Å². The minimum Gasteiger partial charge on any atom is -0.445 e. The van der Waals surface area contributed by atoms with E-state index in [4.69, 9.17) is 4.74 Å². The third-order valence-corrected chi connectivity index (χ3v) is 10.0. The number of aliphatic hydroxyl groups excluding tert-OH is 1. The van der Waals surface area contributed by atoms with Gasteiger partial charge in [-0.2, -0.15) is 0 Å². The van der Waals surface area contributed by atoms with Crippen LogP contribution in [0.3, 0.4) is 0 Å². The van der Waals surface area contributed by atoms with E-state index in [0.29, 0.717) is 18.3 Å². The molecule has 1 saturated heterocycles. The number of carbonyl (C=O) groups is 4. The molecule has 0 bridgehead atoms. The molecule has 4 amide bonds. The Morgan fingerprint density at radius 3 is 2.06 bits per heavy atom. The molecule has 2 fully saturated rings. The van der Waals surface area contributed by atoms with Gasteiger partial charge in [0.25, 0.3) is 0 Å². The Kier molecular flexibility index (Phi) is 14.4. The molecule has 4 rings (SSSR count). The lowest BCUT2D eigenvalue weighted by molar-refractivity contribution is -0.134. The lowest BCUT2D eigenvalue weighted by atomic mass is 9.72. The molecular formula is C40H59N5O6. The lowest BCUT2D eigenvalue weighted by Crippen LogP contribution is -2.61. The second-order valence-electron chi connectivity index (χ2n) is 15.8. The Hall–Kier alpha value is -3.96. The number of hydrogen-bond donors (Lipinski definition) is 5. The topological polar surface area (TPSA) is 149 Å². The molecule has 1 aliphatic carbocycles. The van der Waals surface area contributed by atoms with Gasteiger partial charge in [0.1, 0.15) is 18.7 Å². The first-order valence-electron chi connectivity index (χ1n) is 18.6. The number of fused-ring (bicyclic) bond motifs is 1. The van der Waals surface area contributed by atoms with Gasteiger partial charge in [-0.15, -0.1) is 0 Å². The summed E-state index contributed by atoms with van der Waals surface area (Å²) in [5.74, 6) is -0.346. The van der Waals surface area contributed by atoms with Crippen molar-refractivity contribution in [1.82, 2.24) is 26.2 Å². The van der Waals surface area contributed by atoms with Gasteiger partial charge in [0.15, 0.2) is 0 Å². The Bertz CT molecular complexity index is 1430. The third-order valence-electron chi connectivity index (χ3n) is 10.0. The Labute approximate surface area is 303 Å². The molecule has 2 aromatic rings. The van der Waals surface area contributed by atoms with Crippen molar-refractivity contribution < 1.29 is 29.0 Å². The average Bonchev–Trinajstić information content (AvgIpc) is 3.08. The van der Waals surface area contributed by atoms with Crippen LogP contribution in [0.5, 0.6) is 0 Å². The van der Waals surface area contributed by atoms with Crippen molar-refractivity contribution in [3.63, 3.8) is 0 Å². The maximum atomic E-state index is 13.9. The number of piperidine rings is 1. The monoisotopic (exact) mass is 705 g/mol. The van der Waals surface area contributed by atoms with Crippen LogP contribution in [0.2, 0.25) is 0 Å². The van der Waals surface area contributed by atoms with Crippen LogP contribution in [-0.4, -0.2) is 82.7 Å². The Balaban J connectivity index is 1.45. The third kappa shape index (κ3) is 12.3. The van der Waals surface area contributed by atoms with E-state index in [-0.39, 0.29) is 36.6 Å². The molecule has 2 aliphatic rings. The van der Waals surface area contributed by atoms with Gasteiger partial charge in [-0.1, -0.05) is 93.8 Å². The second-order valence-corrected chi connectivity index (χ2v) is 15.8. The zero-order valence-electron chi connectivity index (χ0n) is 31.2. The summed E-state index contributed by atoms with van der Waals surface area (Å²) >= 11 is 0. The number of carbonyl (C=O) groups excluding carboxylic acids is 4. The number of rotatable bonds is 14. The molecule has 1 heterocycles. The van der Waals surface area contributed by atoms with Gasteiger partial charge >= 0.3 is 6.09 Å². The zero-order valence-corrected chi connectivity index (χ0v) is 31.2. The highest BCUT2D eigenvalue weighted by Gasteiger charge is 2.42. The van der Waals surface area contributed by atoms with Crippen molar-refractivity contribution >= 4 is 23.8 Å². The summed E-state index contributed by atoms with van der Waals surface area (Å²) in [6.07, 6.45) is 3.96. The van der Waals surface area contributed by atoms with Crippen molar-refractivity contribution in [2.45, 2.75) is 122 Å². The van der Waals surface area contributed by atoms with Crippen LogP contribution >= 0.6 is 0 Å². The van der Waals surface area contributed by atoms with E-state index >= 15 is 0 Å². The van der Waals surface area contributed by atoms with Crippen molar-refractivity contribution in [2.24, 2.45) is 17.8 Å². The molecule has 0 spiro atoms.